The Morgan fingerprint density at radius 1 is 1.05 bits per heavy atom. The summed E-state index contributed by atoms with van der Waals surface area (Å²) in [4.78, 5) is 16.6. The van der Waals surface area contributed by atoms with Crippen molar-refractivity contribution in [2.24, 2.45) is 0 Å². The molecule has 108 valence electrons. The molecule has 0 radical (unpaired) electrons. The zero-order chi connectivity index (χ0) is 15.4. The Morgan fingerprint density at radius 2 is 1.77 bits per heavy atom. The van der Waals surface area contributed by atoms with Gasteiger partial charge in [-0.05, 0) is 19.1 Å². The van der Waals surface area contributed by atoms with Gasteiger partial charge >= 0.3 is 0 Å². The molecule has 2 aromatic carbocycles. The van der Waals surface area contributed by atoms with E-state index < -0.39 is 0 Å². The van der Waals surface area contributed by atoms with Crippen LogP contribution in [0.5, 0.6) is 0 Å². The SMILES string of the molecule is Cc1ccc(-c2cncc[n+]2CC(=O)c2ccccc2)cc1. The van der Waals surface area contributed by atoms with Crippen LogP contribution >= 0.6 is 0 Å². The highest BCUT2D eigenvalue weighted by Crippen LogP contribution is 2.15. The number of Topliss-reactive ketones (excluding diaryl/α,β-unsaturated/α-hetero) is 1. The number of aryl methyl sites for hydroxylation is 1. The fraction of sp³-hybridized carbons (Fsp3) is 0.105. The van der Waals surface area contributed by atoms with Crippen LogP contribution in [-0.4, -0.2) is 10.8 Å². The number of benzene rings is 2. The Labute approximate surface area is 129 Å². The highest BCUT2D eigenvalue weighted by Gasteiger charge is 2.17. The van der Waals surface area contributed by atoms with Gasteiger partial charge in [0.25, 0.3) is 0 Å². The summed E-state index contributed by atoms with van der Waals surface area (Å²) in [5, 5.41) is 0. The smallest absolute Gasteiger partial charge is 0.231 e. The van der Waals surface area contributed by atoms with Crippen molar-refractivity contribution in [3.63, 3.8) is 0 Å². The number of carbonyl (C=O) groups excluding carboxylic acids is 1. The summed E-state index contributed by atoms with van der Waals surface area (Å²) < 4.78 is 1.94. The first-order chi connectivity index (χ1) is 10.7. The molecule has 0 bridgehead atoms. The van der Waals surface area contributed by atoms with Crippen molar-refractivity contribution in [2.75, 3.05) is 0 Å². The predicted molar refractivity (Wildman–Crippen MR) is 85.4 cm³/mol. The molecule has 3 nitrogen and oxygen atoms in total. The van der Waals surface area contributed by atoms with Gasteiger partial charge in [0.05, 0.1) is 12.4 Å². The van der Waals surface area contributed by atoms with E-state index in [0.29, 0.717) is 6.54 Å². The number of aromatic nitrogens is 2. The second-order valence-electron chi connectivity index (χ2n) is 5.24. The molecular formula is C19H17N2O+. The minimum atomic E-state index is 0.0881. The Morgan fingerprint density at radius 3 is 2.50 bits per heavy atom. The van der Waals surface area contributed by atoms with Crippen LogP contribution in [0.1, 0.15) is 15.9 Å². The lowest BCUT2D eigenvalue weighted by molar-refractivity contribution is -0.672. The van der Waals surface area contributed by atoms with E-state index in [1.165, 1.54) is 5.56 Å². The molecule has 3 aromatic rings. The molecule has 3 heteroatoms. The normalized spacial score (nSPS) is 10.4. The van der Waals surface area contributed by atoms with Gasteiger partial charge in [0.2, 0.25) is 18.0 Å². The van der Waals surface area contributed by atoms with Gasteiger partial charge in [-0.3, -0.25) is 9.78 Å². The molecule has 0 aliphatic heterocycles. The Balaban J connectivity index is 1.92. The van der Waals surface area contributed by atoms with Crippen molar-refractivity contribution in [1.29, 1.82) is 0 Å². The quantitative estimate of drug-likeness (QED) is 0.546. The van der Waals surface area contributed by atoms with E-state index in [4.69, 9.17) is 0 Å². The van der Waals surface area contributed by atoms with E-state index in [9.17, 15) is 4.79 Å². The van der Waals surface area contributed by atoms with Crippen molar-refractivity contribution < 1.29 is 9.36 Å². The van der Waals surface area contributed by atoms with Crippen LogP contribution in [0, 0.1) is 6.92 Å². The molecule has 22 heavy (non-hydrogen) atoms. The van der Waals surface area contributed by atoms with Crippen LogP contribution in [0.2, 0.25) is 0 Å². The monoisotopic (exact) mass is 289 g/mol. The fourth-order valence-corrected chi connectivity index (χ4v) is 2.36. The largest absolute Gasteiger partial charge is 0.287 e. The van der Waals surface area contributed by atoms with Gasteiger partial charge in [0.15, 0.2) is 6.20 Å². The highest BCUT2D eigenvalue weighted by atomic mass is 16.1. The maximum absolute atomic E-state index is 12.4. The van der Waals surface area contributed by atoms with Crippen molar-refractivity contribution in [3.05, 3.63) is 84.3 Å². The van der Waals surface area contributed by atoms with E-state index in [2.05, 4.69) is 36.2 Å². The molecule has 0 aliphatic rings. The van der Waals surface area contributed by atoms with Gasteiger partial charge in [0.1, 0.15) is 0 Å². The molecule has 1 aromatic heterocycles. The lowest BCUT2D eigenvalue weighted by atomic mass is 10.1. The Kier molecular flexibility index (Phi) is 4.05. The van der Waals surface area contributed by atoms with Crippen molar-refractivity contribution in [3.8, 4) is 11.3 Å². The minimum absolute atomic E-state index is 0.0881. The number of carbonyl (C=O) groups is 1. The van der Waals surface area contributed by atoms with Gasteiger partial charge < -0.3 is 0 Å². The first-order valence-electron chi connectivity index (χ1n) is 7.23. The average Bonchev–Trinajstić information content (AvgIpc) is 2.57. The van der Waals surface area contributed by atoms with E-state index in [1.807, 2.05) is 41.1 Å². The number of rotatable bonds is 4. The number of hydrogen-bond acceptors (Lipinski definition) is 2. The maximum Gasteiger partial charge on any atom is 0.231 e. The van der Waals surface area contributed by atoms with Gasteiger partial charge in [-0.1, -0.05) is 48.0 Å². The van der Waals surface area contributed by atoms with Crippen molar-refractivity contribution >= 4 is 5.78 Å². The van der Waals surface area contributed by atoms with Crippen LogP contribution < -0.4 is 4.57 Å². The zero-order valence-corrected chi connectivity index (χ0v) is 12.4. The third-order valence-electron chi connectivity index (χ3n) is 3.60. The average molecular weight is 289 g/mol. The predicted octanol–water partition coefficient (Wildman–Crippen LogP) is 3.23. The maximum atomic E-state index is 12.4. The molecule has 0 saturated heterocycles. The first kappa shape index (κ1) is 14.1. The molecule has 3 rings (SSSR count). The number of hydrogen-bond donors (Lipinski definition) is 0. The minimum Gasteiger partial charge on any atom is -0.287 e. The van der Waals surface area contributed by atoms with Crippen LogP contribution in [0.15, 0.2) is 73.2 Å². The van der Waals surface area contributed by atoms with E-state index in [0.717, 1.165) is 16.8 Å². The number of nitrogens with zero attached hydrogens (tertiary/aromatic N) is 2. The van der Waals surface area contributed by atoms with E-state index in [1.54, 1.807) is 12.4 Å². The van der Waals surface area contributed by atoms with Crippen molar-refractivity contribution in [2.45, 2.75) is 13.5 Å². The lowest BCUT2D eigenvalue weighted by Gasteiger charge is -2.04. The van der Waals surface area contributed by atoms with Gasteiger partial charge in [0, 0.05) is 11.1 Å². The molecule has 0 saturated carbocycles. The van der Waals surface area contributed by atoms with E-state index in [-0.39, 0.29) is 5.78 Å². The highest BCUT2D eigenvalue weighted by molar-refractivity contribution is 5.95. The second kappa shape index (κ2) is 6.31. The molecule has 0 fully saturated rings. The molecular weight excluding hydrogens is 272 g/mol. The fourth-order valence-electron chi connectivity index (χ4n) is 2.36. The molecule has 1 heterocycles. The third kappa shape index (κ3) is 3.09. The van der Waals surface area contributed by atoms with E-state index >= 15 is 0 Å². The van der Waals surface area contributed by atoms with Crippen molar-refractivity contribution in [1.82, 2.24) is 4.98 Å². The van der Waals surface area contributed by atoms with Gasteiger partial charge in [-0.15, -0.1) is 0 Å². The summed E-state index contributed by atoms with van der Waals surface area (Å²) in [6.45, 7) is 2.36. The second-order valence-corrected chi connectivity index (χ2v) is 5.24. The summed E-state index contributed by atoms with van der Waals surface area (Å²) in [5.74, 6) is 0.0881. The van der Waals surface area contributed by atoms with Crippen LogP contribution in [0.3, 0.4) is 0 Å². The summed E-state index contributed by atoms with van der Waals surface area (Å²) in [7, 11) is 0. The number of ketones is 1. The molecule has 0 aliphatic carbocycles. The summed E-state index contributed by atoms with van der Waals surface area (Å²) in [6, 6.07) is 17.6. The lowest BCUT2D eigenvalue weighted by Crippen LogP contribution is -2.40. The van der Waals surface area contributed by atoms with Crippen LogP contribution in [0.4, 0.5) is 0 Å². The Hall–Kier alpha value is -2.81. The van der Waals surface area contributed by atoms with Gasteiger partial charge in [-0.25, -0.2) is 0 Å². The zero-order valence-electron chi connectivity index (χ0n) is 12.4. The van der Waals surface area contributed by atoms with Gasteiger partial charge in [-0.2, -0.15) is 4.57 Å². The first-order valence-corrected chi connectivity index (χ1v) is 7.23. The molecule has 0 spiro atoms. The van der Waals surface area contributed by atoms with Crippen LogP contribution in [0.25, 0.3) is 11.3 Å². The van der Waals surface area contributed by atoms with Crippen LogP contribution in [-0.2, 0) is 6.54 Å². The standard InChI is InChI=1S/C19H17N2O/c1-15-7-9-16(10-8-15)18-13-20-11-12-21(18)14-19(22)17-5-3-2-4-6-17/h2-13H,14H2,1H3/q+1. The Bertz CT molecular complexity index is 780. The molecule has 0 amide bonds. The molecule has 0 unspecified atom stereocenters. The third-order valence-corrected chi connectivity index (χ3v) is 3.60. The molecule has 0 N–H and O–H groups in total. The summed E-state index contributed by atoms with van der Waals surface area (Å²) >= 11 is 0. The topological polar surface area (TPSA) is 33.8 Å². The summed E-state index contributed by atoms with van der Waals surface area (Å²) in [5.41, 5.74) is 3.92. The molecule has 0 atom stereocenters. The summed E-state index contributed by atoms with van der Waals surface area (Å²) in [6.07, 6.45) is 5.34.